The van der Waals surface area contributed by atoms with Crippen LogP contribution in [0.5, 0.6) is 0 Å². The number of rotatable bonds is 3. The molecule has 1 atom stereocenters. The van der Waals surface area contributed by atoms with Crippen molar-refractivity contribution in [2.24, 2.45) is 4.99 Å². The van der Waals surface area contributed by atoms with Crippen molar-refractivity contribution in [3.8, 4) is 0 Å². The van der Waals surface area contributed by atoms with Crippen molar-refractivity contribution < 1.29 is 17.9 Å². The van der Waals surface area contributed by atoms with E-state index in [0.29, 0.717) is 30.2 Å². The number of ether oxygens (including phenoxy) is 1. The van der Waals surface area contributed by atoms with Gasteiger partial charge < -0.3 is 14.6 Å². The molecule has 0 spiro atoms. The van der Waals surface area contributed by atoms with Gasteiger partial charge >= 0.3 is 6.18 Å². The van der Waals surface area contributed by atoms with Gasteiger partial charge in [0.25, 0.3) is 0 Å². The van der Waals surface area contributed by atoms with Crippen molar-refractivity contribution >= 4 is 22.4 Å². The number of benzene rings is 1. The van der Waals surface area contributed by atoms with E-state index >= 15 is 0 Å². The van der Waals surface area contributed by atoms with Crippen molar-refractivity contribution in [2.75, 3.05) is 25.1 Å². The molecule has 2 aromatic heterocycles. The molecule has 0 bridgehead atoms. The Labute approximate surface area is 188 Å². The maximum atomic E-state index is 13.4. The Balaban J connectivity index is 1.67. The lowest BCUT2D eigenvalue weighted by Gasteiger charge is -2.17. The molecule has 0 radical (unpaired) electrons. The average Bonchev–Trinajstić information content (AvgIpc) is 3.27. The van der Waals surface area contributed by atoms with Crippen LogP contribution in [0, 0.1) is 6.92 Å². The fraction of sp³-hybridized carbons (Fsp3) is 0.375. The van der Waals surface area contributed by atoms with E-state index in [2.05, 4.69) is 14.9 Å². The van der Waals surface area contributed by atoms with Crippen molar-refractivity contribution in [2.45, 2.75) is 39.0 Å². The van der Waals surface area contributed by atoms with Gasteiger partial charge in [0.2, 0.25) is 5.95 Å². The number of nitrogens with zero attached hydrogens (tertiary/aromatic N) is 4. The summed E-state index contributed by atoms with van der Waals surface area (Å²) in [6.45, 7) is 6.01. The minimum Gasteiger partial charge on any atom is -0.377 e. The Hall–Kier alpha value is -3.20. The molecule has 0 amide bonds. The molecule has 2 aliphatic rings. The second-order valence-electron chi connectivity index (χ2n) is 8.30. The first-order chi connectivity index (χ1) is 15.8. The van der Waals surface area contributed by atoms with Gasteiger partial charge in [-0.1, -0.05) is 18.2 Å². The second kappa shape index (κ2) is 8.30. The number of halogens is 3. The van der Waals surface area contributed by atoms with Crippen molar-refractivity contribution in [3.63, 3.8) is 0 Å². The smallest absolute Gasteiger partial charge is 0.377 e. The summed E-state index contributed by atoms with van der Waals surface area (Å²) in [5, 5.41) is 4.08. The Morgan fingerprint density at radius 1 is 1.27 bits per heavy atom. The molecular formula is C24H24F3N5O. The number of fused-ring (bicyclic) bond motifs is 3. The average molecular weight is 455 g/mol. The lowest BCUT2D eigenvalue weighted by molar-refractivity contribution is -0.138. The number of hydrogen-bond acceptors (Lipinski definition) is 5. The second-order valence-corrected chi connectivity index (χ2v) is 8.30. The predicted octanol–water partition coefficient (Wildman–Crippen LogP) is 4.65. The van der Waals surface area contributed by atoms with Crippen molar-refractivity contribution in [1.29, 1.82) is 0 Å². The number of aromatic nitrogens is 3. The molecular weight excluding hydrogens is 431 g/mol. The standard InChI is InChI=1S/C24H24F3N5O/c1-14-17(4-3-5-19(14)24(25,26)27)15(2)30-22-18-12-20(16-6-10-33-11-7-16)29-13-21(18)32-9-8-28-23(32)31-22/h3-6,12-13,15H,7-11H2,1-2H3,(H,28,30,31)/t15-/m1/s1. The summed E-state index contributed by atoms with van der Waals surface area (Å²) in [5.74, 6) is 0.689. The Morgan fingerprint density at radius 3 is 2.88 bits per heavy atom. The third-order valence-electron chi connectivity index (χ3n) is 6.24. The largest absolute Gasteiger partial charge is 0.416 e. The maximum Gasteiger partial charge on any atom is 0.416 e. The molecule has 0 unspecified atom stereocenters. The highest BCUT2D eigenvalue weighted by Crippen LogP contribution is 2.35. The molecule has 3 aromatic rings. The minimum absolute atomic E-state index is 0.189. The normalized spacial score (nSPS) is 17.6. The summed E-state index contributed by atoms with van der Waals surface area (Å²) in [6.07, 6.45) is 0.228. The van der Waals surface area contributed by atoms with Crippen LogP contribution in [-0.4, -0.2) is 34.3 Å². The molecule has 6 nitrogen and oxygen atoms in total. The van der Waals surface area contributed by atoms with Gasteiger partial charge in [0.15, 0.2) is 5.49 Å². The minimum atomic E-state index is -4.41. The highest BCUT2D eigenvalue weighted by atomic mass is 19.4. The zero-order valence-corrected chi connectivity index (χ0v) is 18.4. The molecule has 0 saturated carbocycles. The number of pyridine rings is 1. The SMILES string of the molecule is Cc1c([C@@H](C)N=c2nc3n(c4cnc(C5=CCOCC5)cc24)CCN3)cccc1C(F)(F)F. The predicted molar refractivity (Wildman–Crippen MR) is 120 cm³/mol. The molecule has 0 aliphatic carbocycles. The van der Waals surface area contributed by atoms with E-state index in [4.69, 9.17) is 14.7 Å². The van der Waals surface area contributed by atoms with Gasteiger partial charge in [-0.15, -0.1) is 0 Å². The fourth-order valence-corrected chi connectivity index (χ4v) is 4.52. The number of nitrogens with one attached hydrogen (secondary N) is 1. The van der Waals surface area contributed by atoms with E-state index < -0.39 is 17.8 Å². The molecule has 1 N–H and O–H groups in total. The van der Waals surface area contributed by atoms with Crippen LogP contribution in [0.25, 0.3) is 16.5 Å². The summed E-state index contributed by atoms with van der Waals surface area (Å²) in [6, 6.07) is 5.71. The summed E-state index contributed by atoms with van der Waals surface area (Å²) in [4.78, 5) is 14.2. The van der Waals surface area contributed by atoms with Crippen LogP contribution >= 0.6 is 0 Å². The highest BCUT2D eigenvalue weighted by Gasteiger charge is 2.33. The first kappa shape index (κ1) is 21.6. The topological polar surface area (TPSA) is 64.3 Å². The van der Waals surface area contributed by atoms with Gasteiger partial charge in [-0.05, 0) is 49.1 Å². The molecule has 5 rings (SSSR count). The maximum absolute atomic E-state index is 13.4. The summed E-state index contributed by atoms with van der Waals surface area (Å²) in [5.41, 5.74) is 3.43. The molecule has 0 fully saturated rings. The quantitative estimate of drug-likeness (QED) is 0.625. The van der Waals surface area contributed by atoms with Crippen LogP contribution in [0.3, 0.4) is 0 Å². The van der Waals surface area contributed by atoms with E-state index in [0.717, 1.165) is 47.7 Å². The molecule has 172 valence electrons. The lowest BCUT2D eigenvalue weighted by Crippen LogP contribution is -2.17. The van der Waals surface area contributed by atoms with E-state index in [1.165, 1.54) is 13.0 Å². The van der Waals surface area contributed by atoms with E-state index in [-0.39, 0.29) is 5.56 Å². The van der Waals surface area contributed by atoms with Gasteiger partial charge in [0, 0.05) is 18.5 Å². The summed E-state index contributed by atoms with van der Waals surface area (Å²) in [7, 11) is 0. The van der Waals surface area contributed by atoms with Crippen LogP contribution in [-0.2, 0) is 17.5 Å². The van der Waals surface area contributed by atoms with Gasteiger partial charge in [-0.25, -0.2) is 0 Å². The molecule has 4 heterocycles. The van der Waals surface area contributed by atoms with Crippen LogP contribution < -0.4 is 10.8 Å². The van der Waals surface area contributed by atoms with Crippen molar-refractivity contribution in [1.82, 2.24) is 14.5 Å². The van der Waals surface area contributed by atoms with Crippen molar-refractivity contribution in [3.05, 3.63) is 64.4 Å². The molecule has 2 aliphatic heterocycles. The lowest BCUT2D eigenvalue weighted by atomic mass is 9.97. The Morgan fingerprint density at radius 2 is 2.12 bits per heavy atom. The van der Waals surface area contributed by atoms with E-state index in [9.17, 15) is 13.2 Å². The van der Waals surface area contributed by atoms with Crippen LogP contribution in [0.15, 0.2) is 41.5 Å². The van der Waals surface area contributed by atoms with Gasteiger partial charge in [-0.2, -0.15) is 18.2 Å². The first-order valence-electron chi connectivity index (χ1n) is 10.9. The van der Waals surface area contributed by atoms with Gasteiger partial charge in [0.05, 0.1) is 42.2 Å². The Kier molecular flexibility index (Phi) is 5.44. The van der Waals surface area contributed by atoms with E-state index in [1.807, 2.05) is 18.3 Å². The third kappa shape index (κ3) is 4.01. The summed E-state index contributed by atoms with van der Waals surface area (Å²) < 4.78 is 47.7. The van der Waals surface area contributed by atoms with E-state index in [1.54, 1.807) is 13.0 Å². The van der Waals surface area contributed by atoms with Crippen LogP contribution in [0.4, 0.5) is 19.1 Å². The number of anilines is 1. The fourth-order valence-electron chi connectivity index (χ4n) is 4.52. The molecule has 0 saturated heterocycles. The molecule has 33 heavy (non-hydrogen) atoms. The molecule has 9 heteroatoms. The highest BCUT2D eigenvalue weighted by molar-refractivity contribution is 5.82. The monoisotopic (exact) mass is 455 g/mol. The third-order valence-corrected chi connectivity index (χ3v) is 6.24. The van der Waals surface area contributed by atoms with Gasteiger partial charge in [0.1, 0.15) is 0 Å². The Bertz CT molecular complexity index is 1330. The zero-order chi connectivity index (χ0) is 23.2. The van der Waals surface area contributed by atoms with Crippen LogP contribution in [0.2, 0.25) is 0 Å². The molecule has 1 aromatic carbocycles. The number of hydrogen-bond donors (Lipinski definition) is 1. The van der Waals surface area contributed by atoms with Gasteiger partial charge in [-0.3, -0.25) is 9.98 Å². The zero-order valence-electron chi connectivity index (χ0n) is 18.4. The number of alkyl halides is 3. The summed E-state index contributed by atoms with van der Waals surface area (Å²) >= 11 is 0. The van der Waals surface area contributed by atoms with Crippen LogP contribution in [0.1, 0.15) is 41.8 Å². The first-order valence-corrected chi connectivity index (χ1v) is 10.9.